The van der Waals surface area contributed by atoms with Gasteiger partial charge in [0.2, 0.25) is 11.8 Å². The molecular weight excluding hydrogens is 670 g/mol. The van der Waals surface area contributed by atoms with Gasteiger partial charge in [0, 0.05) is 15.2 Å². The van der Waals surface area contributed by atoms with E-state index in [2.05, 4.69) is 31.9 Å². The lowest BCUT2D eigenvalue weighted by atomic mass is 9.81. The van der Waals surface area contributed by atoms with Gasteiger partial charge in [0.05, 0.1) is 28.7 Å². The van der Waals surface area contributed by atoms with Crippen LogP contribution < -0.4 is 9.64 Å². The fourth-order valence-corrected chi connectivity index (χ4v) is 8.16. The van der Waals surface area contributed by atoms with E-state index < -0.39 is 36.2 Å². The zero-order valence-electron chi connectivity index (χ0n) is 22.4. The molecule has 3 aromatic rings. The molecule has 6 rings (SSSR count). The summed E-state index contributed by atoms with van der Waals surface area (Å²) in [7, 11) is 0. The number of para-hydroxylation sites is 1. The molecule has 3 aromatic carbocycles. The number of benzene rings is 3. The van der Waals surface area contributed by atoms with Crippen LogP contribution in [-0.2, 0) is 14.3 Å². The molecule has 6 unspecified atom stereocenters. The number of nitrogens with zero attached hydrogens (tertiary/aromatic N) is 1. The third-order valence-corrected chi connectivity index (χ3v) is 11.6. The molecule has 0 N–H and O–H groups in total. The van der Waals surface area contributed by atoms with Crippen molar-refractivity contribution in [3.63, 3.8) is 0 Å². The fourth-order valence-electron chi connectivity index (χ4n) is 6.28. The van der Waals surface area contributed by atoms with Crippen LogP contribution >= 0.6 is 31.9 Å². The molecule has 1 aliphatic heterocycles. The summed E-state index contributed by atoms with van der Waals surface area (Å²) < 4.78 is 10.7. The third-order valence-electron chi connectivity index (χ3n) is 8.36. The first-order valence-electron chi connectivity index (χ1n) is 13.5. The number of aryl methyl sites for hydroxylation is 1. The molecule has 3 aliphatic rings. The normalized spacial score (nSPS) is 25.8. The Morgan fingerprint density at radius 2 is 1.36 bits per heavy atom. The molecule has 42 heavy (non-hydrogen) atoms. The monoisotopic (exact) mass is 693 g/mol. The molecule has 0 radical (unpaired) electrons. The van der Waals surface area contributed by atoms with Crippen LogP contribution in [0.5, 0.6) is 5.75 Å². The molecule has 1 saturated heterocycles. The summed E-state index contributed by atoms with van der Waals surface area (Å²) >= 11 is 7.36. The molecule has 1 heterocycles. The number of Topliss-reactive ketones (excluding diaryl/α,β-unsaturated/α-hetero) is 1. The summed E-state index contributed by atoms with van der Waals surface area (Å²) in [5.41, 5.74) is 1.87. The number of fused-ring (bicyclic) bond motifs is 5. The Morgan fingerprint density at radius 3 is 1.98 bits per heavy atom. The minimum Gasteiger partial charge on any atom is -0.454 e. The first-order chi connectivity index (χ1) is 20.2. The van der Waals surface area contributed by atoms with Crippen molar-refractivity contribution in [3.8, 4) is 5.75 Å². The van der Waals surface area contributed by atoms with Gasteiger partial charge in [-0.25, -0.2) is 14.5 Å². The Morgan fingerprint density at radius 1 is 0.786 bits per heavy atom. The van der Waals surface area contributed by atoms with E-state index in [1.54, 1.807) is 30.3 Å². The van der Waals surface area contributed by atoms with Crippen molar-refractivity contribution in [2.75, 3.05) is 11.5 Å². The van der Waals surface area contributed by atoms with Gasteiger partial charge in [-0.3, -0.25) is 14.4 Å². The number of hydrogen-bond acceptors (Lipinski definition) is 7. The van der Waals surface area contributed by atoms with E-state index in [4.69, 9.17) is 9.47 Å². The lowest BCUT2D eigenvalue weighted by molar-refractivity contribution is -0.123. The maximum Gasteiger partial charge on any atom is 0.343 e. The standard InChI is InChI=1S/C32H25Br2NO7/c1-16-6-8-18(9-7-16)31(39)42-19-12-10-17(11-13-19)24(36)15-41-32(40)20-4-2-3-5-23(20)35-29(37)25-21-14-22(26(25)30(35)38)28(34)27(21)33/h2-13,21-22,25-28H,14-15H2,1H3. The topological polar surface area (TPSA) is 107 Å². The van der Waals surface area contributed by atoms with E-state index in [1.165, 1.54) is 30.3 Å². The van der Waals surface area contributed by atoms with Crippen molar-refractivity contribution in [2.24, 2.45) is 23.7 Å². The Kier molecular flexibility index (Phi) is 7.61. The average Bonchev–Trinajstić information content (AvgIpc) is 3.61. The molecule has 8 nitrogen and oxygen atoms in total. The number of amides is 2. The highest BCUT2D eigenvalue weighted by molar-refractivity contribution is 9.12. The predicted molar refractivity (Wildman–Crippen MR) is 160 cm³/mol. The van der Waals surface area contributed by atoms with Crippen molar-refractivity contribution in [2.45, 2.75) is 23.0 Å². The zero-order valence-corrected chi connectivity index (χ0v) is 25.5. The van der Waals surface area contributed by atoms with E-state index >= 15 is 0 Å². The van der Waals surface area contributed by atoms with E-state index in [9.17, 15) is 24.0 Å². The van der Waals surface area contributed by atoms with Crippen molar-refractivity contribution in [1.82, 2.24) is 0 Å². The number of carbonyl (C=O) groups is 5. The van der Waals surface area contributed by atoms with Gasteiger partial charge >= 0.3 is 11.9 Å². The van der Waals surface area contributed by atoms with Crippen LogP contribution in [-0.4, -0.2) is 45.8 Å². The van der Waals surface area contributed by atoms with Crippen LogP contribution in [0.3, 0.4) is 0 Å². The summed E-state index contributed by atoms with van der Waals surface area (Å²) in [5, 5.41) is 0. The highest BCUT2D eigenvalue weighted by atomic mass is 79.9. The number of ether oxygens (including phenoxy) is 2. The molecule has 2 amide bonds. The van der Waals surface area contributed by atoms with Gasteiger partial charge in [0.1, 0.15) is 5.75 Å². The van der Waals surface area contributed by atoms with Crippen LogP contribution in [0.2, 0.25) is 0 Å². The molecule has 2 aliphatic carbocycles. The molecule has 2 bridgehead atoms. The zero-order chi connectivity index (χ0) is 29.7. The molecule has 2 saturated carbocycles. The minimum atomic E-state index is -0.819. The minimum absolute atomic E-state index is 0.0310. The Bertz CT molecular complexity index is 1570. The van der Waals surface area contributed by atoms with Crippen molar-refractivity contribution in [3.05, 3.63) is 95.1 Å². The van der Waals surface area contributed by atoms with Crippen LogP contribution in [0.15, 0.2) is 72.8 Å². The summed E-state index contributed by atoms with van der Waals surface area (Å²) in [4.78, 5) is 66.5. The molecule has 6 atom stereocenters. The maximum atomic E-state index is 13.5. The maximum absolute atomic E-state index is 13.5. The van der Waals surface area contributed by atoms with Gasteiger partial charge in [-0.1, -0.05) is 61.7 Å². The number of halogens is 2. The van der Waals surface area contributed by atoms with Gasteiger partial charge in [-0.2, -0.15) is 0 Å². The summed E-state index contributed by atoms with van der Waals surface area (Å²) in [6, 6.07) is 19.2. The predicted octanol–water partition coefficient (Wildman–Crippen LogP) is 5.54. The van der Waals surface area contributed by atoms with E-state index in [-0.39, 0.29) is 55.9 Å². The quantitative estimate of drug-likeness (QED) is 0.105. The van der Waals surface area contributed by atoms with Crippen molar-refractivity contribution >= 4 is 67.1 Å². The SMILES string of the molecule is Cc1ccc(C(=O)Oc2ccc(C(=O)COC(=O)c3ccccc3N3C(=O)C4C5CC(C(Br)C5Br)C4C3=O)cc2)cc1. The summed E-state index contributed by atoms with van der Waals surface area (Å²) in [6.07, 6.45) is 0.800. The number of hydrogen-bond donors (Lipinski definition) is 0. The number of imide groups is 1. The highest BCUT2D eigenvalue weighted by Crippen LogP contribution is 2.60. The Balaban J connectivity index is 1.11. The van der Waals surface area contributed by atoms with Gasteiger partial charge in [0.25, 0.3) is 0 Å². The number of carbonyl (C=O) groups excluding carboxylic acids is 5. The number of anilines is 1. The summed E-state index contributed by atoms with van der Waals surface area (Å²) in [6.45, 7) is 1.37. The van der Waals surface area contributed by atoms with Gasteiger partial charge in [0.15, 0.2) is 12.4 Å². The van der Waals surface area contributed by atoms with Crippen molar-refractivity contribution in [1.29, 1.82) is 0 Å². The largest absolute Gasteiger partial charge is 0.454 e. The Hall–Kier alpha value is -3.63. The van der Waals surface area contributed by atoms with Gasteiger partial charge in [-0.05, 0) is 73.7 Å². The second kappa shape index (κ2) is 11.2. The lowest BCUT2D eigenvalue weighted by Gasteiger charge is -2.28. The first-order valence-corrected chi connectivity index (χ1v) is 15.3. The van der Waals surface area contributed by atoms with Crippen LogP contribution in [0.1, 0.15) is 43.1 Å². The molecule has 10 heteroatoms. The van der Waals surface area contributed by atoms with Crippen LogP contribution in [0, 0.1) is 30.6 Å². The van der Waals surface area contributed by atoms with Crippen LogP contribution in [0.25, 0.3) is 0 Å². The highest BCUT2D eigenvalue weighted by Gasteiger charge is 2.66. The first kappa shape index (κ1) is 28.5. The van der Waals surface area contributed by atoms with Crippen molar-refractivity contribution < 1.29 is 33.4 Å². The third kappa shape index (κ3) is 4.90. The van der Waals surface area contributed by atoms with E-state index in [1.807, 2.05) is 19.1 Å². The second-order valence-corrected chi connectivity index (χ2v) is 12.9. The van der Waals surface area contributed by atoms with Crippen LogP contribution in [0.4, 0.5) is 5.69 Å². The van der Waals surface area contributed by atoms with Gasteiger partial charge in [-0.15, -0.1) is 0 Å². The number of esters is 2. The lowest BCUT2D eigenvalue weighted by Crippen LogP contribution is -2.37. The molecule has 3 fully saturated rings. The number of alkyl halides is 2. The molecule has 0 spiro atoms. The fraction of sp³-hybridized carbons (Fsp3) is 0.281. The second-order valence-electron chi connectivity index (χ2n) is 10.8. The number of rotatable bonds is 7. The smallest absolute Gasteiger partial charge is 0.343 e. The molecule has 0 aromatic heterocycles. The van der Waals surface area contributed by atoms with Gasteiger partial charge < -0.3 is 9.47 Å². The summed E-state index contributed by atoms with van der Waals surface area (Å²) in [5.74, 6) is -2.92. The average molecular weight is 695 g/mol. The number of ketones is 1. The molecule has 214 valence electrons. The Labute approximate surface area is 258 Å². The van der Waals surface area contributed by atoms with E-state index in [0.717, 1.165) is 16.9 Å². The molecular formula is C32H25Br2NO7. The van der Waals surface area contributed by atoms with E-state index in [0.29, 0.717) is 5.56 Å².